The minimum Gasteiger partial charge on any atom is -0.494 e. The molecule has 1 atom stereocenters. The number of carbonyl (C=O) groups excluding carboxylic acids is 1. The van der Waals surface area contributed by atoms with Gasteiger partial charge in [-0.25, -0.2) is 0 Å². The Hall–Kier alpha value is -1.82. The third-order valence-corrected chi connectivity index (χ3v) is 2.33. The van der Waals surface area contributed by atoms with Crippen LogP contribution in [0, 0.1) is 17.2 Å². The van der Waals surface area contributed by atoms with Crippen molar-refractivity contribution in [3.8, 4) is 11.8 Å². The Bertz CT molecular complexity index is 389. The fourth-order valence-electron chi connectivity index (χ4n) is 1.42. The van der Waals surface area contributed by atoms with Gasteiger partial charge in [-0.2, -0.15) is 5.26 Å². The lowest BCUT2D eigenvalue weighted by Gasteiger charge is -2.06. The van der Waals surface area contributed by atoms with Crippen molar-refractivity contribution in [3.05, 3.63) is 29.8 Å². The van der Waals surface area contributed by atoms with Gasteiger partial charge in [-0.05, 0) is 37.6 Å². The molecule has 0 heterocycles. The number of rotatable bonds is 5. The van der Waals surface area contributed by atoms with E-state index >= 15 is 0 Å². The van der Waals surface area contributed by atoms with Crippen LogP contribution in [0.1, 0.15) is 30.6 Å². The van der Waals surface area contributed by atoms with E-state index in [4.69, 9.17) is 10.00 Å². The van der Waals surface area contributed by atoms with Crippen LogP contribution < -0.4 is 4.74 Å². The maximum absolute atomic E-state index is 11.8. The monoisotopic (exact) mass is 217 g/mol. The van der Waals surface area contributed by atoms with Gasteiger partial charge in [0, 0.05) is 5.56 Å². The first-order valence-corrected chi connectivity index (χ1v) is 5.39. The molecule has 0 amide bonds. The van der Waals surface area contributed by atoms with E-state index in [1.54, 1.807) is 24.3 Å². The normalized spacial score (nSPS) is 11.6. The molecule has 1 unspecified atom stereocenters. The number of ether oxygens (including phenoxy) is 1. The number of hydrogen-bond donors (Lipinski definition) is 0. The number of Topliss-reactive ketones (excluding diaryl/α,β-unsaturated/α-hetero) is 1. The van der Waals surface area contributed by atoms with Gasteiger partial charge in [-0.15, -0.1) is 0 Å². The molecule has 0 spiro atoms. The molecule has 0 aliphatic carbocycles. The Balaban J connectivity index is 2.82. The van der Waals surface area contributed by atoms with Crippen LogP contribution >= 0.6 is 0 Å². The van der Waals surface area contributed by atoms with Gasteiger partial charge >= 0.3 is 0 Å². The summed E-state index contributed by atoms with van der Waals surface area (Å²) in [6.07, 6.45) is 0.544. The summed E-state index contributed by atoms with van der Waals surface area (Å²) in [7, 11) is 0. The summed E-state index contributed by atoms with van der Waals surface area (Å²) in [6, 6.07) is 8.91. The van der Waals surface area contributed by atoms with E-state index in [2.05, 4.69) is 0 Å². The molecule has 1 aromatic rings. The molecular formula is C13H15NO2. The van der Waals surface area contributed by atoms with Crippen LogP contribution in [0.25, 0.3) is 0 Å². The molecule has 3 heteroatoms. The Morgan fingerprint density at radius 3 is 2.44 bits per heavy atom. The van der Waals surface area contributed by atoms with Gasteiger partial charge < -0.3 is 4.74 Å². The van der Waals surface area contributed by atoms with Crippen molar-refractivity contribution in [2.75, 3.05) is 6.61 Å². The van der Waals surface area contributed by atoms with Crippen LogP contribution in [0.15, 0.2) is 24.3 Å². The molecule has 0 bridgehead atoms. The summed E-state index contributed by atoms with van der Waals surface area (Å²) in [4.78, 5) is 11.8. The maximum Gasteiger partial charge on any atom is 0.179 e. The van der Waals surface area contributed by atoms with Crippen molar-refractivity contribution in [2.24, 2.45) is 5.92 Å². The lowest BCUT2D eigenvalue weighted by atomic mass is 9.97. The molecule has 0 fully saturated rings. The maximum atomic E-state index is 11.8. The Morgan fingerprint density at radius 2 is 2.00 bits per heavy atom. The summed E-state index contributed by atoms with van der Waals surface area (Å²) < 4.78 is 5.28. The van der Waals surface area contributed by atoms with E-state index in [1.807, 2.05) is 19.9 Å². The summed E-state index contributed by atoms with van der Waals surface area (Å²) in [5.41, 5.74) is 0.567. The fraction of sp³-hybridized carbons (Fsp3) is 0.385. The molecule has 0 saturated carbocycles. The summed E-state index contributed by atoms with van der Waals surface area (Å²) in [6.45, 7) is 4.34. The van der Waals surface area contributed by atoms with Crippen LogP contribution in [0.2, 0.25) is 0 Å². The van der Waals surface area contributed by atoms with Gasteiger partial charge in [0.15, 0.2) is 5.78 Å². The van der Waals surface area contributed by atoms with Crippen LogP contribution in [-0.2, 0) is 0 Å². The van der Waals surface area contributed by atoms with Gasteiger partial charge in [0.05, 0.1) is 12.7 Å². The van der Waals surface area contributed by atoms with Crippen molar-refractivity contribution < 1.29 is 9.53 Å². The van der Waals surface area contributed by atoms with Gasteiger partial charge in [-0.1, -0.05) is 6.92 Å². The minimum absolute atomic E-state index is 0.118. The van der Waals surface area contributed by atoms with Gasteiger partial charge in [0.1, 0.15) is 11.7 Å². The predicted molar refractivity (Wildman–Crippen MR) is 61.3 cm³/mol. The number of hydrogen-bond acceptors (Lipinski definition) is 3. The molecule has 0 radical (unpaired) electrons. The second kappa shape index (κ2) is 5.92. The van der Waals surface area contributed by atoms with E-state index in [-0.39, 0.29) is 5.78 Å². The van der Waals surface area contributed by atoms with Crippen molar-refractivity contribution in [1.29, 1.82) is 5.26 Å². The summed E-state index contributed by atoms with van der Waals surface area (Å²) in [5, 5.41) is 8.80. The first-order chi connectivity index (χ1) is 7.72. The molecule has 84 valence electrons. The van der Waals surface area contributed by atoms with Gasteiger partial charge in [-0.3, -0.25) is 4.79 Å². The molecule has 0 N–H and O–H groups in total. The quantitative estimate of drug-likeness (QED) is 0.712. The van der Waals surface area contributed by atoms with E-state index in [0.717, 1.165) is 5.75 Å². The highest BCUT2D eigenvalue weighted by Gasteiger charge is 2.17. The molecule has 3 nitrogen and oxygen atoms in total. The van der Waals surface area contributed by atoms with Crippen molar-refractivity contribution >= 4 is 5.78 Å². The Labute approximate surface area is 95.7 Å². The third-order valence-electron chi connectivity index (χ3n) is 2.33. The number of nitriles is 1. The van der Waals surface area contributed by atoms with Crippen molar-refractivity contribution in [2.45, 2.75) is 20.3 Å². The third kappa shape index (κ3) is 2.83. The average Bonchev–Trinajstić information content (AvgIpc) is 2.32. The second-order valence-electron chi connectivity index (χ2n) is 3.41. The van der Waals surface area contributed by atoms with Gasteiger partial charge in [0.2, 0.25) is 0 Å². The zero-order valence-electron chi connectivity index (χ0n) is 9.56. The highest BCUT2D eigenvalue weighted by molar-refractivity contribution is 5.99. The molecule has 1 rings (SSSR count). The predicted octanol–water partition coefficient (Wildman–Crippen LogP) is 2.82. The molecule has 0 aromatic heterocycles. The highest BCUT2D eigenvalue weighted by atomic mass is 16.5. The SMILES string of the molecule is CCOc1ccc(C(=O)C(C#N)CC)cc1. The summed E-state index contributed by atoms with van der Waals surface area (Å²) in [5.74, 6) is 0.0787. The van der Waals surface area contributed by atoms with Crippen LogP contribution in [0.3, 0.4) is 0 Å². The highest BCUT2D eigenvalue weighted by Crippen LogP contribution is 2.16. The fourth-order valence-corrected chi connectivity index (χ4v) is 1.42. The molecule has 0 aliphatic heterocycles. The van der Waals surface area contributed by atoms with Gasteiger partial charge in [0.25, 0.3) is 0 Å². The van der Waals surface area contributed by atoms with Crippen LogP contribution in [-0.4, -0.2) is 12.4 Å². The molecular weight excluding hydrogens is 202 g/mol. The van der Waals surface area contributed by atoms with E-state index in [9.17, 15) is 4.79 Å². The zero-order valence-corrected chi connectivity index (χ0v) is 9.56. The van der Waals surface area contributed by atoms with E-state index < -0.39 is 5.92 Å². The van der Waals surface area contributed by atoms with Crippen LogP contribution in [0.5, 0.6) is 5.75 Å². The number of nitrogens with zero attached hydrogens (tertiary/aromatic N) is 1. The first kappa shape index (κ1) is 12.3. The van der Waals surface area contributed by atoms with Crippen LogP contribution in [0.4, 0.5) is 0 Å². The van der Waals surface area contributed by atoms with E-state index in [1.165, 1.54) is 0 Å². The topological polar surface area (TPSA) is 50.1 Å². The molecule has 0 aliphatic rings. The smallest absolute Gasteiger partial charge is 0.179 e. The number of carbonyl (C=O) groups is 1. The zero-order chi connectivity index (χ0) is 12.0. The Kier molecular flexibility index (Phi) is 4.53. The Morgan fingerprint density at radius 1 is 1.38 bits per heavy atom. The standard InChI is InChI=1S/C13H15NO2/c1-3-10(9-14)13(15)11-5-7-12(8-6-11)16-4-2/h5-8,10H,3-4H2,1-2H3. The van der Waals surface area contributed by atoms with E-state index in [0.29, 0.717) is 18.6 Å². The minimum atomic E-state index is -0.544. The summed E-state index contributed by atoms with van der Waals surface area (Å²) >= 11 is 0. The van der Waals surface area contributed by atoms with Crippen molar-refractivity contribution in [1.82, 2.24) is 0 Å². The number of ketones is 1. The molecule has 0 saturated heterocycles. The first-order valence-electron chi connectivity index (χ1n) is 5.39. The van der Waals surface area contributed by atoms with Crippen molar-refractivity contribution in [3.63, 3.8) is 0 Å². The molecule has 16 heavy (non-hydrogen) atoms. The number of benzene rings is 1. The average molecular weight is 217 g/mol. The molecule has 1 aromatic carbocycles. The largest absolute Gasteiger partial charge is 0.494 e. The lowest BCUT2D eigenvalue weighted by Crippen LogP contribution is -2.11. The second-order valence-corrected chi connectivity index (χ2v) is 3.41. The lowest BCUT2D eigenvalue weighted by molar-refractivity contribution is 0.0946.